The van der Waals surface area contributed by atoms with Crippen LogP contribution in [-0.2, 0) is 0 Å². The van der Waals surface area contributed by atoms with E-state index in [2.05, 4.69) is 5.32 Å². The number of aryl methyl sites for hydroxylation is 1. The number of hydrogen-bond acceptors (Lipinski definition) is 3. The van der Waals surface area contributed by atoms with Gasteiger partial charge < -0.3 is 10.4 Å². The molecule has 0 unspecified atom stereocenters. The predicted molar refractivity (Wildman–Crippen MR) is 84.4 cm³/mol. The van der Waals surface area contributed by atoms with Crippen LogP contribution in [0.5, 0.6) is 0 Å². The Kier molecular flexibility index (Phi) is 4.64. The predicted octanol–water partition coefficient (Wildman–Crippen LogP) is 3.63. The lowest BCUT2D eigenvalue weighted by Crippen LogP contribution is -2.41. The normalized spacial score (nSPS) is 11.9. The number of amides is 1. The first kappa shape index (κ1) is 15.9. The van der Waals surface area contributed by atoms with Crippen LogP contribution in [0.25, 0.3) is 10.1 Å². The number of aliphatic hydroxyl groups is 1. The quantitative estimate of drug-likeness (QED) is 0.886. The molecule has 1 heterocycles. The van der Waals surface area contributed by atoms with E-state index in [1.165, 1.54) is 17.4 Å². The van der Waals surface area contributed by atoms with Gasteiger partial charge in [0.15, 0.2) is 0 Å². The second-order valence-corrected chi connectivity index (χ2v) is 6.34. The van der Waals surface area contributed by atoms with E-state index in [4.69, 9.17) is 0 Å². The van der Waals surface area contributed by atoms with Gasteiger partial charge in [-0.15, -0.1) is 11.3 Å². The topological polar surface area (TPSA) is 49.3 Å². The fourth-order valence-corrected chi connectivity index (χ4v) is 3.43. The average molecular weight is 309 g/mol. The lowest BCUT2D eigenvalue weighted by atomic mass is 9.97. The summed E-state index contributed by atoms with van der Waals surface area (Å²) in [5, 5.41) is 13.5. The van der Waals surface area contributed by atoms with Gasteiger partial charge >= 0.3 is 0 Å². The van der Waals surface area contributed by atoms with E-state index in [1.807, 2.05) is 13.8 Å². The van der Waals surface area contributed by atoms with E-state index in [0.717, 1.165) is 4.70 Å². The molecule has 0 spiro atoms. The summed E-state index contributed by atoms with van der Waals surface area (Å²) in [6.45, 7) is 5.73. The zero-order valence-corrected chi connectivity index (χ0v) is 13.3. The van der Waals surface area contributed by atoms with Gasteiger partial charge in [0.1, 0.15) is 5.82 Å². The third-order valence-corrected chi connectivity index (χ3v) is 5.26. The number of hydrogen-bond donors (Lipinski definition) is 2. The summed E-state index contributed by atoms with van der Waals surface area (Å²) in [6.07, 6.45) is 1.15. The number of nitrogens with one attached hydrogen (secondary N) is 1. The molecule has 1 aromatic carbocycles. The number of carbonyl (C=O) groups is 1. The fourth-order valence-electron chi connectivity index (χ4n) is 2.30. The number of thiophene rings is 1. The van der Waals surface area contributed by atoms with Crippen LogP contribution >= 0.6 is 11.3 Å². The van der Waals surface area contributed by atoms with E-state index >= 15 is 0 Å². The molecule has 3 nitrogen and oxygen atoms in total. The summed E-state index contributed by atoms with van der Waals surface area (Å²) < 4.78 is 14.6. The first-order valence-electron chi connectivity index (χ1n) is 7.10. The first-order valence-corrected chi connectivity index (χ1v) is 7.91. The third kappa shape index (κ3) is 3.09. The number of halogens is 1. The number of carbonyl (C=O) groups excluding carboxylic acids is 1. The summed E-state index contributed by atoms with van der Waals surface area (Å²) in [7, 11) is 0. The minimum Gasteiger partial charge on any atom is -0.388 e. The van der Waals surface area contributed by atoms with Crippen molar-refractivity contribution in [3.63, 3.8) is 0 Å². The number of fused-ring (bicyclic) bond motifs is 1. The van der Waals surface area contributed by atoms with Crippen molar-refractivity contribution >= 4 is 27.3 Å². The number of benzene rings is 1. The van der Waals surface area contributed by atoms with Gasteiger partial charge in [-0.05, 0) is 37.5 Å². The molecule has 1 amide bonds. The summed E-state index contributed by atoms with van der Waals surface area (Å²) in [5.74, 6) is -0.563. The van der Waals surface area contributed by atoms with Gasteiger partial charge in [0, 0.05) is 16.6 Å². The minimum atomic E-state index is -0.883. The van der Waals surface area contributed by atoms with Crippen molar-refractivity contribution in [1.82, 2.24) is 5.32 Å². The monoisotopic (exact) mass is 309 g/mol. The molecule has 0 aliphatic heterocycles. The standard InChI is InChI=1S/C16H20FNO2S/c1-4-16(20,5-2)9-18-15(19)14-10(3)13-11(17)7-6-8-12(13)21-14/h6-8,20H,4-5,9H2,1-3H3,(H,18,19). The molecule has 5 heteroatoms. The SMILES string of the molecule is CCC(O)(CC)CNC(=O)c1sc2cccc(F)c2c1C. The molecule has 0 aliphatic rings. The van der Waals surface area contributed by atoms with Crippen molar-refractivity contribution in [2.75, 3.05) is 6.54 Å². The molecule has 0 aliphatic carbocycles. The van der Waals surface area contributed by atoms with Crippen molar-refractivity contribution < 1.29 is 14.3 Å². The molecule has 0 radical (unpaired) electrons. The van der Waals surface area contributed by atoms with Crippen LogP contribution in [0.15, 0.2) is 18.2 Å². The smallest absolute Gasteiger partial charge is 0.261 e. The van der Waals surface area contributed by atoms with Crippen LogP contribution in [0.2, 0.25) is 0 Å². The zero-order chi connectivity index (χ0) is 15.6. The molecule has 0 fully saturated rings. The van der Waals surface area contributed by atoms with E-state index < -0.39 is 5.60 Å². The lowest BCUT2D eigenvalue weighted by Gasteiger charge is -2.25. The second kappa shape index (κ2) is 6.12. The summed E-state index contributed by atoms with van der Waals surface area (Å²) in [5.41, 5.74) is -0.229. The Morgan fingerprint density at radius 1 is 1.38 bits per heavy atom. The van der Waals surface area contributed by atoms with Crippen LogP contribution < -0.4 is 5.32 Å². The summed E-state index contributed by atoms with van der Waals surface area (Å²) >= 11 is 1.28. The van der Waals surface area contributed by atoms with E-state index in [0.29, 0.717) is 28.7 Å². The molecular formula is C16H20FNO2S. The highest BCUT2D eigenvalue weighted by Crippen LogP contribution is 2.32. The Hall–Kier alpha value is -1.46. The minimum absolute atomic E-state index is 0.203. The van der Waals surface area contributed by atoms with E-state index in [-0.39, 0.29) is 18.3 Å². The molecule has 21 heavy (non-hydrogen) atoms. The maximum atomic E-state index is 13.8. The Bertz CT molecular complexity index is 662. The van der Waals surface area contributed by atoms with Gasteiger partial charge in [0.05, 0.1) is 10.5 Å². The van der Waals surface area contributed by atoms with Gasteiger partial charge in [0.25, 0.3) is 5.91 Å². The number of rotatable bonds is 5. The largest absolute Gasteiger partial charge is 0.388 e. The van der Waals surface area contributed by atoms with Crippen LogP contribution in [0.3, 0.4) is 0 Å². The van der Waals surface area contributed by atoms with Crippen LogP contribution in [0.1, 0.15) is 41.9 Å². The molecule has 2 rings (SSSR count). The maximum absolute atomic E-state index is 13.8. The highest BCUT2D eigenvalue weighted by Gasteiger charge is 2.24. The Morgan fingerprint density at radius 2 is 2.05 bits per heavy atom. The second-order valence-electron chi connectivity index (χ2n) is 5.28. The van der Waals surface area contributed by atoms with Crippen molar-refractivity contribution in [1.29, 1.82) is 0 Å². The zero-order valence-electron chi connectivity index (χ0n) is 12.5. The van der Waals surface area contributed by atoms with E-state index in [9.17, 15) is 14.3 Å². The van der Waals surface area contributed by atoms with Gasteiger partial charge in [-0.2, -0.15) is 0 Å². The average Bonchev–Trinajstić information content (AvgIpc) is 2.83. The molecule has 0 bridgehead atoms. The Balaban J connectivity index is 2.24. The van der Waals surface area contributed by atoms with Crippen LogP contribution in [-0.4, -0.2) is 23.2 Å². The third-order valence-electron chi connectivity index (χ3n) is 4.00. The molecule has 1 aromatic heterocycles. The molecule has 2 aromatic rings. The van der Waals surface area contributed by atoms with Gasteiger partial charge in [0.2, 0.25) is 0 Å². The van der Waals surface area contributed by atoms with Gasteiger partial charge in [-0.1, -0.05) is 19.9 Å². The maximum Gasteiger partial charge on any atom is 0.261 e. The first-order chi connectivity index (χ1) is 9.91. The molecule has 0 atom stereocenters. The van der Waals surface area contributed by atoms with Gasteiger partial charge in [-0.25, -0.2) is 4.39 Å². The van der Waals surface area contributed by atoms with Crippen molar-refractivity contribution in [3.05, 3.63) is 34.5 Å². The van der Waals surface area contributed by atoms with E-state index in [1.54, 1.807) is 19.1 Å². The van der Waals surface area contributed by atoms with Crippen molar-refractivity contribution in [2.45, 2.75) is 39.2 Å². The van der Waals surface area contributed by atoms with Crippen molar-refractivity contribution in [3.8, 4) is 0 Å². The molecule has 2 N–H and O–H groups in total. The highest BCUT2D eigenvalue weighted by molar-refractivity contribution is 7.21. The summed E-state index contributed by atoms with van der Waals surface area (Å²) in [4.78, 5) is 12.8. The van der Waals surface area contributed by atoms with Gasteiger partial charge in [-0.3, -0.25) is 4.79 Å². The molecule has 0 saturated carbocycles. The molecule has 114 valence electrons. The molecular weight excluding hydrogens is 289 g/mol. The Labute approximate surface area is 127 Å². The Morgan fingerprint density at radius 3 is 2.62 bits per heavy atom. The van der Waals surface area contributed by atoms with Crippen LogP contribution in [0, 0.1) is 12.7 Å². The highest BCUT2D eigenvalue weighted by atomic mass is 32.1. The van der Waals surface area contributed by atoms with Crippen LogP contribution in [0.4, 0.5) is 4.39 Å². The summed E-state index contributed by atoms with van der Waals surface area (Å²) in [6, 6.07) is 4.85. The lowest BCUT2D eigenvalue weighted by molar-refractivity contribution is 0.0314. The van der Waals surface area contributed by atoms with Crippen molar-refractivity contribution in [2.24, 2.45) is 0 Å². The fraction of sp³-hybridized carbons (Fsp3) is 0.438. The molecule has 0 saturated heterocycles.